The van der Waals surface area contributed by atoms with Gasteiger partial charge >= 0.3 is 12.0 Å². The van der Waals surface area contributed by atoms with Crippen LogP contribution in [0.4, 0.5) is 10.5 Å². The fraction of sp³-hybridized carbons (Fsp3) is 0.138. The number of carbonyl (C=O) groups is 2. The first kappa shape index (κ1) is 28.3. The number of nitrogens with zero attached hydrogens (tertiary/aromatic N) is 1. The van der Waals surface area contributed by atoms with E-state index in [-0.39, 0.29) is 17.1 Å². The highest BCUT2D eigenvalue weighted by atomic mass is 32.2. The molecule has 1 heterocycles. The van der Waals surface area contributed by atoms with Crippen molar-refractivity contribution in [3.8, 4) is 16.9 Å². The lowest BCUT2D eigenvalue weighted by Gasteiger charge is -2.17. The molecule has 3 aromatic carbocycles. The molecule has 0 bridgehead atoms. The quantitative estimate of drug-likeness (QED) is 0.216. The molecule has 4 N–H and O–H groups in total. The van der Waals surface area contributed by atoms with Crippen molar-refractivity contribution >= 4 is 27.7 Å². The molecule has 1 atom stereocenters. The van der Waals surface area contributed by atoms with Gasteiger partial charge in [0, 0.05) is 24.6 Å². The van der Waals surface area contributed by atoms with Crippen molar-refractivity contribution < 1.29 is 27.9 Å². The molecular weight excluding hydrogens is 532 g/mol. The van der Waals surface area contributed by atoms with Crippen LogP contribution < -0.4 is 20.1 Å². The summed E-state index contributed by atoms with van der Waals surface area (Å²) in [5.41, 5.74) is 3.17. The molecule has 0 fully saturated rings. The van der Waals surface area contributed by atoms with Gasteiger partial charge in [0.2, 0.25) is 10.0 Å². The molecule has 0 unspecified atom stereocenters. The van der Waals surface area contributed by atoms with Crippen LogP contribution in [0.15, 0.2) is 102 Å². The number of benzene rings is 3. The number of amides is 2. The molecule has 10 nitrogen and oxygen atoms in total. The van der Waals surface area contributed by atoms with E-state index in [1.807, 2.05) is 6.07 Å². The van der Waals surface area contributed by atoms with E-state index in [2.05, 4.69) is 20.3 Å². The fourth-order valence-corrected chi connectivity index (χ4v) is 5.37. The Bertz CT molecular complexity index is 1580. The van der Waals surface area contributed by atoms with Gasteiger partial charge in [0.05, 0.1) is 7.11 Å². The van der Waals surface area contributed by atoms with Crippen LogP contribution in [0.5, 0.6) is 5.75 Å². The summed E-state index contributed by atoms with van der Waals surface area (Å²) in [6, 6.07) is 22.0. The zero-order valence-corrected chi connectivity index (χ0v) is 22.4. The van der Waals surface area contributed by atoms with Crippen molar-refractivity contribution in [3.05, 3.63) is 108 Å². The number of anilines is 1. The van der Waals surface area contributed by atoms with Gasteiger partial charge in [-0.1, -0.05) is 54.6 Å². The van der Waals surface area contributed by atoms with Crippen LogP contribution in [0, 0.1) is 0 Å². The molecule has 4 aromatic rings. The Labute approximate surface area is 232 Å². The lowest BCUT2D eigenvalue weighted by Crippen LogP contribution is -2.42. The molecule has 11 heteroatoms. The standard InChI is InChI=1S/C29H28N4O6S/c1-39-26-13-12-23(17-27(26)40(37,38)33-25(28(34)35)15-20-7-3-2-4-8-20)22-10-5-11-24(16-22)32-29(36)31-19-21-9-6-14-30-18-21/h2-14,16-18,25,33H,15,19H2,1H3,(H,34,35)(H2,31,32,36)/t25-/m1/s1. The van der Waals surface area contributed by atoms with Gasteiger partial charge in [-0.2, -0.15) is 4.72 Å². The van der Waals surface area contributed by atoms with Gasteiger partial charge < -0.3 is 20.5 Å². The summed E-state index contributed by atoms with van der Waals surface area (Å²) < 4.78 is 34.3. The maximum atomic E-state index is 13.4. The molecule has 0 radical (unpaired) electrons. The Morgan fingerprint density at radius 3 is 2.38 bits per heavy atom. The number of pyridine rings is 1. The number of sulfonamides is 1. The number of aliphatic carboxylic acids is 1. The number of nitrogens with one attached hydrogen (secondary N) is 3. The highest BCUT2D eigenvalue weighted by Gasteiger charge is 2.28. The zero-order valence-electron chi connectivity index (χ0n) is 21.6. The summed E-state index contributed by atoms with van der Waals surface area (Å²) in [6.45, 7) is 0.299. The smallest absolute Gasteiger partial charge is 0.322 e. The van der Waals surface area contributed by atoms with Gasteiger partial charge in [0.25, 0.3) is 0 Å². The third-order valence-corrected chi connectivity index (χ3v) is 7.45. The van der Waals surface area contributed by atoms with E-state index >= 15 is 0 Å². The lowest BCUT2D eigenvalue weighted by atomic mass is 10.0. The van der Waals surface area contributed by atoms with E-state index < -0.39 is 28.1 Å². The van der Waals surface area contributed by atoms with Crippen LogP contribution >= 0.6 is 0 Å². The van der Waals surface area contributed by atoms with Gasteiger partial charge in [-0.25, -0.2) is 13.2 Å². The van der Waals surface area contributed by atoms with E-state index in [4.69, 9.17) is 4.74 Å². The maximum absolute atomic E-state index is 13.4. The predicted octanol–water partition coefficient (Wildman–Crippen LogP) is 4.05. The minimum absolute atomic E-state index is 0.0338. The van der Waals surface area contributed by atoms with E-state index in [1.165, 1.54) is 19.2 Å². The van der Waals surface area contributed by atoms with Gasteiger partial charge in [-0.3, -0.25) is 9.78 Å². The number of hydrogen-bond acceptors (Lipinski definition) is 6. The highest BCUT2D eigenvalue weighted by molar-refractivity contribution is 7.89. The fourth-order valence-electron chi connectivity index (χ4n) is 3.98. The van der Waals surface area contributed by atoms with Crippen molar-refractivity contribution in [3.63, 3.8) is 0 Å². The summed E-state index contributed by atoms with van der Waals surface area (Å²) >= 11 is 0. The lowest BCUT2D eigenvalue weighted by molar-refractivity contribution is -0.138. The van der Waals surface area contributed by atoms with Crippen LogP contribution in [-0.4, -0.2) is 43.7 Å². The minimum Gasteiger partial charge on any atom is -0.495 e. The summed E-state index contributed by atoms with van der Waals surface area (Å²) in [5.74, 6) is -1.24. The van der Waals surface area contributed by atoms with Gasteiger partial charge in [-0.15, -0.1) is 0 Å². The molecule has 4 rings (SSSR count). The first-order valence-corrected chi connectivity index (χ1v) is 13.7. The summed E-state index contributed by atoms with van der Waals surface area (Å²) in [4.78, 5) is 28.1. The van der Waals surface area contributed by atoms with Gasteiger partial charge in [0.1, 0.15) is 16.7 Å². The van der Waals surface area contributed by atoms with Crippen LogP contribution in [-0.2, 0) is 27.8 Å². The molecule has 206 valence electrons. The van der Waals surface area contributed by atoms with E-state index in [1.54, 1.807) is 79.1 Å². The predicted molar refractivity (Wildman–Crippen MR) is 150 cm³/mol. The average Bonchev–Trinajstić information content (AvgIpc) is 2.96. The number of ether oxygens (including phenoxy) is 1. The van der Waals surface area contributed by atoms with Gasteiger partial charge in [0.15, 0.2) is 0 Å². The Balaban J connectivity index is 1.54. The monoisotopic (exact) mass is 560 g/mol. The third kappa shape index (κ3) is 7.43. The molecule has 0 saturated heterocycles. The first-order chi connectivity index (χ1) is 19.2. The number of carboxylic acids is 1. The van der Waals surface area contributed by atoms with E-state index in [0.29, 0.717) is 28.9 Å². The number of hydrogen-bond donors (Lipinski definition) is 4. The maximum Gasteiger partial charge on any atom is 0.322 e. The zero-order chi connectivity index (χ0) is 28.5. The van der Waals surface area contributed by atoms with Crippen molar-refractivity contribution in [2.24, 2.45) is 0 Å². The number of urea groups is 1. The summed E-state index contributed by atoms with van der Waals surface area (Å²) in [5, 5.41) is 15.2. The van der Waals surface area contributed by atoms with E-state index in [9.17, 15) is 23.1 Å². The normalized spacial score (nSPS) is 11.8. The van der Waals surface area contributed by atoms with Crippen LogP contribution in [0.3, 0.4) is 0 Å². The SMILES string of the molecule is COc1ccc(-c2cccc(NC(=O)NCc3cccnc3)c2)cc1S(=O)(=O)N[C@H](Cc1ccccc1)C(=O)O. The highest BCUT2D eigenvalue weighted by Crippen LogP contribution is 2.31. The second kappa shape index (κ2) is 12.9. The first-order valence-electron chi connectivity index (χ1n) is 12.3. The summed E-state index contributed by atoms with van der Waals surface area (Å²) in [6.07, 6.45) is 3.27. The van der Waals surface area contributed by atoms with Crippen molar-refractivity contribution in [1.82, 2.24) is 15.0 Å². The number of aromatic nitrogens is 1. The summed E-state index contributed by atoms with van der Waals surface area (Å²) in [7, 11) is -2.97. The molecule has 0 spiro atoms. The molecular formula is C29H28N4O6S. The van der Waals surface area contributed by atoms with Gasteiger partial charge in [-0.05, 0) is 59.0 Å². The Morgan fingerprint density at radius 1 is 0.925 bits per heavy atom. The second-order valence-electron chi connectivity index (χ2n) is 8.82. The van der Waals surface area contributed by atoms with Crippen LogP contribution in [0.25, 0.3) is 11.1 Å². The van der Waals surface area contributed by atoms with Crippen LogP contribution in [0.1, 0.15) is 11.1 Å². The molecule has 0 saturated carbocycles. The second-order valence-corrected chi connectivity index (χ2v) is 10.5. The minimum atomic E-state index is -4.30. The van der Waals surface area contributed by atoms with Crippen molar-refractivity contribution in [2.45, 2.75) is 23.9 Å². The molecule has 2 amide bonds. The van der Waals surface area contributed by atoms with Crippen LogP contribution in [0.2, 0.25) is 0 Å². The molecule has 1 aromatic heterocycles. The number of methoxy groups -OCH3 is 1. The van der Waals surface area contributed by atoms with Crippen molar-refractivity contribution in [1.29, 1.82) is 0 Å². The number of carboxylic acid groups (broad SMARTS) is 1. The van der Waals surface area contributed by atoms with Crippen molar-refractivity contribution in [2.75, 3.05) is 12.4 Å². The van der Waals surface area contributed by atoms with E-state index in [0.717, 1.165) is 5.56 Å². The Hall–Kier alpha value is -4.74. The average molecular weight is 561 g/mol. The third-order valence-electron chi connectivity index (χ3n) is 5.96. The molecule has 40 heavy (non-hydrogen) atoms. The number of carbonyl (C=O) groups excluding carboxylic acids is 1. The molecule has 0 aliphatic rings. The largest absolute Gasteiger partial charge is 0.495 e. The molecule has 0 aliphatic heterocycles. The number of rotatable bonds is 11. The molecule has 0 aliphatic carbocycles. The Morgan fingerprint density at radius 2 is 1.68 bits per heavy atom. The Kier molecular flexibility index (Phi) is 9.10. The topological polar surface area (TPSA) is 147 Å².